The second-order valence-corrected chi connectivity index (χ2v) is 8.28. The lowest BCUT2D eigenvalue weighted by molar-refractivity contribution is -0.132. The van der Waals surface area contributed by atoms with E-state index < -0.39 is 0 Å². The van der Waals surface area contributed by atoms with Crippen molar-refractivity contribution in [2.45, 2.75) is 52.5 Å². The molecule has 0 saturated heterocycles. The van der Waals surface area contributed by atoms with Crippen LogP contribution in [0.2, 0.25) is 0 Å². The number of carbonyl (C=O) groups excluding carboxylic acids is 2. The molecule has 160 valence electrons. The Morgan fingerprint density at radius 3 is 2.40 bits per heavy atom. The smallest absolute Gasteiger partial charge is 0.321 e. The number of urea groups is 1. The summed E-state index contributed by atoms with van der Waals surface area (Å²) in [6, 6.07) is 16.1. The molecule has 3 amide bonds. The van der Waals surface area contributed by atoms with Crippen molar-refractivity contribution in [1.29, 1.82) is 0 Å². The van der Waals surface area contributed by atoms with Crippen LogP contribution < -0.4 is 5.32 Å². The molecule has 0 bridgehead atoms. The molecule has 1 N–H and O–H groups in total. The van der Waals surface area contributed by atoms with Gasteiger partial charge in [-0.3, -0.25) is 4.79 Å². The molecule has 2 aromatic rings. The molecule has 0 fully saturated rings. The van der Waals surface area contributed by atoms with Gasteiger partial charge >= 0.3 is 6.03 Å². The molecule has 0 spiro atoms. The number of rotatable bonds is 7. The highest BCUT2D eigenvalue weighted by Gasteiger charge is 2.22. The monoisotopic (exact) mass is 407 g/mol. The van der Waals surface area contributed by atoms with E-state index in [1.165, 1.54) is 16.7 Å². The molecule has 5 nitrogen and oxygen atoms in total. The zero-order chi connectivity index (χ0) is 21.5. The molecular weight excluding hydrogens is 374 g/mol. The van der Waals surface area contributed by atoms with E-state index in [1.807, 2.05) is 48.2 Å². The van der Waals surface area contributed by atoms with Gasteiger partial charge in [0.05, 0.1) is 0 Å². The summed E-state index contributed by atoms with van der Waals surface area (Å²) in [4.78, 5) is 29.2. The number of anilines is 1. The number of amides is 3. The minimum atomic E-state index is -0.147. The number of hydrogen-bond acceptors (Lipinski definition) is 2. The average molecular weight is 408 g/mol. The van der Waals surface area contributed by atoms with Crippen molar-refractivity contribution in [2.24, 2.45) is 0 Å². The van der Waals surface area contributed by atoms with Crippen molar-refractivity contribution in [3.05, 3.63) is 65.2 Å². The molecule has 0 radical (unpaired) electrons. The quantitative estimate of drug-likeness (QED) is 0.700. The Morgan fingerprint density at radius 1 is 1.03 bits per heavy atom. The maximum Gasteiger partial charge on any atom is 0.321 e. The highest BCUT2D eigenvalue weighted by Crippen LogP contribution is 2.20. The standard InChI is InChI=1S/C25H33N3O2/c1-4-15-27(25(30)26-23-11-9-20(10-12-23)19(2)3)17-14-24(29)28-16-13-21-7-5-6-8-22(21)18-28/h5-12,19H,4,13-18H2,1-3H3,(H,26,30). The predicted octanol–water partition coefficient (Wildman–Crippen LogP) is 5.03. The molecule has 30 heavy (non-hydrogen) atoms. The third kappa shape index (κ3) is 5.62. The Kier molecular flexibility index (Phi) is 7.50. The Balaban J connectivity index is 1.54. The Morgan fingerprint density at radius 2 is 1.73 bits per heavy atom. The maximum absolute atomic E-state index is 12.8. The van der Waals surface area contributed by atoms with Crippen LogP contribution in [0.3, 0.4) is 0 Å². The average Bonchev–Trinajstić information content (AvgIpc) is 2.76. The van der Waals surface area contributed by atoms with E-state index in [2.05, 4.69) is 31.3 Å². The molecule has 0 aliphatic carbocycles. The van der Waals surface area contributed by atoms with Crippen molar-refractivity contribution >= 4 is 17.6 Å². The second-order valence-electron chi connectivity index (χ2n) is 8.28. The summed E-state index contributed by atoms with van der Waals surface area (Å²) in [7, 11) is 0. The fourth-order valence-corrected chi connectivity index (χ4v) is 3.84. The summed E-state index contributed by atoms with van der Waals surface area (Å²) in [5.74, 6) is 0.568. The van der Waals surface area contributed by atoms with Crippen molar-refractivity contribution in [3.8, 4) is 0 Å². The summed E-state index contributed by atoms with van der Waals surface area (Å²) in [5.41, 5.74) is 4.58. The lowest BCUT2D eigenvalue weighted by Crippen LogP contribution is -2.41. The van der Waals surface area contributed by atoms with Crippen LogP contribution in [0.25, 0.3) is 0 Å². The second kappa shape index (κ2) is 10.3. The van der Waals surface area contributed by atoms with Gasteiger partial charge in [-0.05, 0) is 47.6 Å². The fraction of sp³-hybridized carbons (Fsp3) is 0.440. The number of carbonyl (C=O) groups is 2. The van der Waals surface area contributed by atoms with Gasteiger partial charge in [0.2, 0.25) is 5.91 Å². The summed E-state index contributed by atoms with van der Waals surface area (Å²) in [6.45, 7) is 8.81. The van der Waals surface area contributed by atoms with Crippen molar-refractivity contribution in [3.63, 3.8) is 0 Å². The molecular formula is C25H33N3O2. The molecule has 0 unspecified atom stereocenters. The van der Waals surface area contributed by atoms with Crippen LogP contribution in [0.1, 0.15) is 56.2 Å². The molecule has 1 aliphatic heterocycles. The van der Waals surface area contributed by atoms with Crippen LogP contribution in [-0.4, -0.2) is 41.4 Å². The first-order chi connectivity index (χ1) is 14.5. The molecule has 0 saturated carbocycles. The third-order valence-electron chi connectivity index (χ3n) is 5.69. The van der Waals surface area contributed by atoms with E-state index in [9.17, 15) is 9.59 Å². The Hall–Kier alpha value is -2.82. The molecule has 0 aromatic heterocycles. The van der Waals surface area contributed by atoms with Gasteiger partial charge < -0.3 is 15.1 Å². The van der Waals surface area contributed by atoms with Gasteiger partial charge in [-0.2, -0.15) is 0 Å². The minimum Gasteiger partial charge on any atom is -0.338 e. The van der Waals surface area contributed by atoms with E-state index >= 15 is 0 Å². The van der Waals surface area contributed by atoms with Crippen LogP contribution >= 0.6 is 0 Å². The van der Waals surface area contributed by atoms with Gasteiger partial charge in [0.25, 0.3) is 0 Å². The maximum atomic E-state index is 12.8. The molecule has 2 aromatic carbocycles. The van der Waals surface area contributed by atoms with E-state index in [0.29, 0.717) is 32.0 Å². The fourth-order valence-electron chi connectivity index (χ4n) is 3.84. The number of hydrogen-bond donors (Lipinski definition) is 1. The Labute approximate surface area is 180 Å². The van der Waals surface area contributed by atoms with E-state index in [4.69, 9.17) is 0 Å². The highest BCUT2D eigenvalue weighted by atomic mass is 16.2. The summed E-state index contributed by atoms with van der Waals surface area (Å²) in [5, 5.41) is 2.97. The zero-order valence-electron chi connectivity index (χ0n) is 18.4. The molecule has 3 rings (SSSR count). The van der Waals surface area contributed by atoms with Crippen LogP contribution in [0.5, 0.6) is 0 Å². The lowest BCUT2D eigenvalue weighted by Gasteiger charge is -2.30. The molecule has 1 aliphatic rings. The van der Waals surface area contributed by atoms with E-state index in [-0.39, 0.29) is 11.9 Å². The van der Waals surface area contributed by atoms with Gasteiger partial charge in [0.15, 0.2) is 0 Å². The van der Waals surface area contributed by atoms with Crippen LogP contribution in [0.15, 0.2) is 48.5 Å². The summed E-state index contributed by atoms with van der Waals surface area (Å²) < 4.78 is 0. The predicted molar refractivity (Wildman–Crippen MR) is 122 cm³/mol. The highest BCUT2D eigenvalue weighted by molar-refractivity contribution is 5.89. The van der Waals surface area contributed by atoms with Gasteiger partial charge in [0.1, 0.15) is 0 Å². The van der Waals surface area contributed by atoms with Crippen molar-refractivity contribution < 1.29 is 9.59 Å². The Bertz CT molecular complexity index is 861. The largest absolute Gasteiger partial charge is 0.338 e. The van der Waals surface area contributed by atoms with Crippen molar-refractivity contribution in [1.82, 2.24) is 9.80 Å². The first kappa shape index (κ1) is 21.9. The number of nitrogens with zero attached hydrogens (tertiary/aromatic N) is 2. The molecule has 0 atom stereocenters. The summed E-state index contributed by atoms with van der Waals surface area (Å²) in [6.07, 6.45) is 2.10. The van der Waals surface area contributed by atoms with Gasteiger partial charge in [-0.25, -0.2) is 4.79 Å². The van der Waals surface area contributed by atoms with E-state index in [0.717, 1.165) is 25.1 Å². The number of fused-ring (bicyclic) bond motifs is 1. The number of nitrogens with one attached hydrogen (secondary N) is 1. The van der Waals surface area contributed by atoms with Crippen LogP contribution in [0.4, 0.5) is 10.5 Å². The molecule has 5 heteroatoms. The van der Waals surface area contributed by atoms with Crippen LogP contribution in [0, 0.1) is 0 Å². The molecule has 1 heterocycles. The normalized spacial score (nSPS) is 13.1. The van der Waals surface area contributed by atoms with Crippen LogP contribution in [-0.2, 0) is 17.8 Å². The first-order valence-electron chi connectivity index (χ1n) is 11.0. The van der Waals surface area contributed by atoms with Crippen molar-refractivity contribution in [2.75, 3.05) is 25.0 Å². The van der Waals surface area contributed by atoms with Gasteiger partial charge in [-0.15, -0.1) is 0 Å². The SMILES string of the molecule is CCCN(CCC(=O)N1CCc2ccccc2C1)C(=O)Nc1ccc(C(C)C)cc1. The first-order valence-corrected chi connectivity index (χ1v) is 11.0. The number of benzene rings is 2. The zero-order valence-corrected chi connectivity index (χ0v) is 18.4. The lowest BCUT2D eigenvalue weighted by atomic mass is 10.00. The minimum absolute atomic E-state index is 0.111. The summed E-state index contributed by atoms with van der Waals surface area (Å²) >= 11 is 0. The van der Waals surface area contributed by atoms with E-state index in [1.54, 1.807) is 4.90 Å². The topological polar surface area (TPSA) is 52.7 Å². The third-order valence-corrected chi connectivity index (χ3v) is 5.69. The van der Waals surface area contributed by atoms with Gasteiger partial charge in [-0.1, -0.05) is 57.2 Å². The van der Waals surface area contributed by atoms with Gasteiger partial charge in [0, 0.05) is 38.3 Å².